The summed E-state index contributed by atoms with van der Waals surface area (Å²) in [7, 11) is 0. The monoisotopic (exact) mass is 356 g/mol. The van der Waals surface area contributed by atoms with Gasteiger partial charge in [0.1, 0.15) is 0 Å². The molecule has 1 heterocycles. The molecule has 27 heavy (non-hydrogen) atoms. The number of nitrogens with one attached hydrogen (secondary N) is 1. The molecule has 5 heteroatoms. The van der Waals surface area contributed by atoms with Crippen molar-refractivity contribution < 1.29 is 14.4 Å². The summed E-state index contributed by atoms with van der Waals surface area (Å²) in [6.45, 7) is 3.87. The van der Waals surface area contributed by atoms with Crippen molar-refractivity contribution in [1.29, 1.82) is 0 Å². The fourth-order valence-corrected chi connectivity index (χ4v) is 3.37. The Bertz CT molecular complexity index is 1070. The minimum atomic E-state index is -0.437. The van der Waals surface area contributed by atoms with Crippen molar-refractivity contribution >= 4 is 34.2 Å². The maximum atomic E-state index is 13.2. The molecule has 0 radical (unpaired) electrons. The van der Waals surface area contributed by atoms with Crippen molar-refractivity contribution in [1.82, 2.24) is 5.32 Å². The number of carbonyl (C=O) groups excluding carboxylic acids is 3. The molecule has 3 amide bonds. The highest BCUT2D eigenvalue weighted by Crippen LogP contribution is 2.34. The Balaban J connectivity index is 1.88. The summed E-state index contributed by atoms with van der Waals surface area (Å²) in [5.74, 6) is -1.25. The van der Waals surface area contributed by atoms with E-state index in [2.05, 4.69) is 11.9 Å². The largest absolute Gasteiger partial charge is 0.349 e. The van der Waals surface area contributed by atoms with E-state index in [1.807, 2.05) is 12.1 Å². The smallest absolute Gasteiger partial charge is 0.266 e. The number of nitrogens with zero attached hydrogens (tertiary/aromatic N) is 1. The second-order valence-corrected chi connectivity index (χ2v) is 6.17. The van der Waals surface area contributed by atoms with Crippen LogP contribution in [0.15, 0.2) is 73.3 Å². The number of rotatable bonds is 4. The van der Waals surface area contributed by atoms with Gasteiger partial charge >= 0.3 is 0 Å². The van der Waals surface area contributed by atoms with Gasteiger partial charge in [0.2, 0.25) is 0 Å². The zero-order valence-electron chi connectivity index (χ0n) is 14.4. The van der Waals surface area contributed by atoms with Crippen molar-refractivity contribution in [3.8, 4) is 0 Å². The topological polar surface area (TPSA) is 66.5 Å². The number of amides is 3. The number of hydrogen-bond donors (Lipinski definition) is 1. The minimum absolute atomic E-state index is 0.257. The Kier molecular flexibility index (Phi) is 4.05. The fraction of sp³-hybridized carbons (Fsp3) is 0.0455. The van der Waals surface area contributed by atoms with Crippen molar-refractivity contribution in [2.24, 2.45) is 0 Å². The van der Waals surface area contributed by atoms with E-state index < -0.39 is 11.8 Å². The molecule has 0 saturated carbocycles. The third-order valence-electron chi connectivity index (χ3n) is 4.57. The summed E-state index contributed by atoms with van der Waals surface area (Å²) in [4.78, 5) is 39.9. The Morgan fingerprint density at radius 1 is 0.926 bits per heavy atom. The van der Waals surface area contributed by atoms with Gasteiger partial charge in [-0.2, -0.15) is 0 Å². The van der Waals surface area contributed by atoms with Crippen LogP contribution in [-0.2, 0) is 0 Å². The van der Waals surface area contributed by atoms with Crippen LogP contribution < -0.4 is 10.2 Å². The molecule has 0 spiro atoms. The van der Waals surface area contributed by atoms with E-state index >= 15 is 0 Å². The molecule has 0 bridgehead atoms. The molecule has 0 aromatic heterocycles. The lowest BCUT2D eigenvalue weighted by molar-refractivity contribution is 0.0893. The third kappa shape index (κ3) is 2.60. The van der Waals surface area contributed by atoms with Gasteiger partial charge in [0.15, 0.2) is 0 Å². The lowest BCUT2D eigenvalue weighted by Gasteiger charge is -2.28. The molecular formula is C22H16N2O3. The molecule has 132 valence electrons. The van der Waals surface area contributed by atoms with Crippen LogP contribution in [-0.4, -0.2) is 24.3 Å². The van der Waals surface area contributed by atoms with Gasteiger partial charge < -0.3 is 5.32 Å². The van der Waals surface area contributed by atoms with E-state index in [0.29, 0.717) is 16.5 Å². The molecule has 3 aromatic carbocycles. The molecule has 0 atom stereocenters. The summed E-state index contributed by atoms with van der Waals surface area (Å²) in [6.07, 6.45) is 1.56. The fourth-order valence-electron chi connectivity index (χ4n) is 3.37. The Hall–Kier alpha value is -3.73. The number of imide groups is 1. The van der Waals surface area contributed by atoms with Crippen molar-refractivity contribution in [2.45, 2.75) is 0 Å². The second-order valence-electron chi connectivity index (χ2n) is 6.17. The van der Waals surface area contributed by atoms with Gasteiger partial charge in [-0.25, -0.2) is 4.90 Å². The van der Waals surface area contributed by atoms with E-state index in [1.54, 1.807) is 54.6 Å². The number of anilines is 1. The predicted octanol–water partition coefficient (Wildman–Crippen LogP) is 3.56. The molecule has 5 nitrogen and oxygen atoms in total. The summed E-state index contributed by atoms with van der Waals surface area (Å²) in [6, 6.07) is 17.3. The van der Waals surface area contributed by atoms with Crippen LogP contribution in [0.2, 0.25) is 0 Å². The average Bonchev–Trinajstić information content (AvgIpc) is 2.70. The normalized spacial score (nSPS) is 13.0. The Morgan fingerprint density at radius 3 is 2.19 bits per heavy atom. The van der Waals surface area contributed by atoms with Crippen molar-refractivity contribution in [3.05, 3.63) is 90.0 Å². The van der Waals surface area contributed by atoms with Gasteiger partial charge in [0.25, 0.3) is 17.7 Å². The van der Waals surface area contributed by atoms with Gasteiger partial charge in [-0.15, -0.1) is 6.58 Å². The van der Waals surface area contributed by atoms with Crippen LogP contribution in [0.4, 0.5) is 5.69 Å². The zero-order valence-corrected chi connectivity index (χ0v) is 14.4. The first-order valence-electron chi connectivity index (χ1n) is 8.52. The van der Waals surface area contributed by atoms with E-state index in [1.165, 1.54) is 0 Å². The Labute approximate surface area is 155 Å². The molecule has 1 aliphatic heterocycles. The van der Waals surface area contributed by atoms with E-state index in [9.17, 15) is 14.4 Å². The maximum absolute atomic E-state index is 13.2. The van der Waals surface area contributed by atoms with Crippen LogP contribution in [0.5, 0.6) is 0 Å². The number of hydrogen-bond acceptors (Lipinski definition) is 3. The van der Waals surface area contributed by atoms with E-state index in [4.69, 9.17) is 0 Å². The molecule has 0 aliphatic carbocycles. The molecule has 1 N–H and O–H groups in total. The molecule has 0 unspecified atom stereocenters. The van der Waals surface area contributed by atoms with Crippen LogP contribution in [0.3, 0.4) is 0 Å². The molecule has 3 aromatic rings. The summed E-state index contributed by atoms with van der Waals surface area (Å²) < 4.78 is 0. The highest BCUT2D eigenvalue weighted by molar-refractivity contribution is 6.36. The standard InChI is InChI=1S/C22H16N2O3/c1-2-13-23-20(25)15-9-3-4-12-18(15)24-21(26)16-10-5-7-14-8-6-11-17(19(14)16)22(24)27/h2-12H,1,13H2,(H,23,25). The first-order chi connectivity index (χ1) is 13.1. The molecule has 4 rings (SSSR count). The first-order valence-corrected chi connectivity index (χ1v) is 8.52. The summed E-state index contributed by atoms with van der Waals surface area (Å²) >= 11 is 0. The van der Waals surface area contributed by atoms with Gasteiger partial charge in [0, 0.05) is 23.1 Å². The third-order valence-corrected chi connectivity index (χ3v) is 4.57. The SMILES string of the molecule is C=CCNC(=O)c1ccccc1N1C(=O)c2cccc3cccc(c23)C1=O. The van der Waals surface area contributed by atoms with Crippen molar-refractivity contribution in [3.63, 3.8) is 0 Å². The average molecular weight is 356 g/mol. The van der Waals surface area contributed by atoms with Crippen molar-refractivity contribution in [2.75, 3.05) is 11.4 Å². The highest BCUT2D eigenvalue weighted by Gasteiger charge is 2.35. The second kappa shape index (κ2) is 6.53. The minimum Gasteiger partial charge on any atom is -0.349 e. The molecule has 1 aliphatic rings. The molecule has 0 fully saturated rings. The molecular weight excluding hydrogens is 340 g/mol. The summed E-state index contributed by atoms with van der Waals surface area (Å²) in [5.41, 5.74) is 1.42. The van der Waals surface area contributed by atoms with Crippen LogP contribution in [0.1, 0.15) is 31.1 Å². The van der Waals surface area contributed by atoms with Gasteiger partial charge in [-0.3, -0.25) is 14.4 Å². The van der Waals surface area contributed by atoms with Crippen LogP contribution in [0.25, 0.3) is 10.8 Å². The number of benzene rings is 3. The zero-order chi connectivity index (χ0) is 19.0. The van der Waals surface area contributed by atoms with Gasteiger partial charge in [-0.05, 0) is 29.7 Å². The van der Waals surface area contributed by atoms with E-state index in [0.717, 1.165) is 10.3 Å². The quantitative estimate of drug-likeness (QED) is 0.574. The number of carbonyl (C=O) groups is 3. The van der Waals surface area contributed by atoms with E-state index in [-0.39, 0.29) is 23.7 Å². The van der Waals surface area contributed by atoms with Crippen LogP contribution >= 0.6 is 0 Å². The predicted molar refractivity (Wildman–Crippen MR) is 104 cm³/mol. The van der Waals surface area contributed by atoms with Crippen LogP contribution in [0, 0.1) is 0 Å². The Morgan fingerprint density at radius 2 is 1.56 bits per heavy atom. The summed E-state index contributed by atoms with van der Waals surface area (Å²) in [5, 5.41) is 4.18. The highest BCUT2D eigenvalue weighted by atomic mass is 16.2. The lowest BCUT2D eigenvalue weighted by Crippen LogP contribution is -2.41. The lowest BCUT2D eigenvalue weighted by atomic mass is 9.93. The van der Waals surface area contributed by atoms with Gasteiger partial charge in [0.05, 0.1) is 11.3 Å². The first kappa shape index (κ1) is 16.7. The number of para-hydroxylation sites is 1. The van der Waals surface area contributed by atoms with Gasteiger partial charge in [-0.1, -0.05) is 42.5 Å². The molecule has 0 saturated heterocycles. The maximum Gasteiger partial charge on any atom is 0.266 e.